The minimum atomic E-state index is -3.29. The lowest BCUT2D eigenvalue weighted by atomic mass is 10.1. The fourth-order valence-electron chi connectivity index (χ4n) is 3.00. The van der Waals surface area contributed by atoms with Crippen molar-refractivity contribution in [1.29, 1.82) is 0 Å². The van der Waals surface area contributed by atoms with Crippen molar-refractivity contribution in [3.8, 4) is 0 Å². The lowest BCUT2D eigenvalue weighted by molar-refractivity contribution is 0.231. The minimum Gasteiger partial charge on any atom is -0.329 e. The van der Waals surface area contributed by atoms with Gasteiger partial charge in [0.2, 0.25) is 0 Å². The highest BCUT2D eigenvalue weighted by Gasteiger charge is 2.44. The molecule has 1 unspecified atom stereocenters. The fraction of sp³-hybridized carbons (Fsp3) is 1.00. The lowest BCUT2D eigenvalue weighted by Crippen LogP contribution is -2.53. The van der Waals surface area contributed by atoms with Gasteiger partial charge in [-0.1, -0.05) is 6.42 Å². The normalized spacial score (nSPS) is 29.9. The minimum absolute atomic E-state index is 0.0132. The smallest absolute Gasteiger partial charge is 0.282 e. The zero-order chi connectivity index (χ0) is 13.5. The molecule has 3 fully saturated rings. The van der Waals surface area contributed by atoms with Gasteiger partial charge in [-0.05, 0) is 44.4 Å². The maximum Gasteiger partial charge on any atom is 0.282 e. The van der Waals surface area contributed by atoms with Gasteiger partial charge in [0.1, 0.15) is 0 Å². The van der Waals surface area contributed by atoms with E-state index in [9.17, 15) is 8.42 Å². The molecule has 2 aliphatic carbocycles. The van der Waals surface area contributed by atoms with Gasteiger partial charge < -0.3 is 5.73 Å². The molecule has 0 radical (unpaired) electrons. The highest BCUT2D eigenvalue weighted by molar-refractivity contribution is 7.86. The van der Waals surface area contributed by atoms with Crippen LogP contribution in [0.1, 0.15) is 44.9 Å². The van der Waals surface area contributed by atoms with Crippen LogP contribution >= 0.6 is 0 Å². The highest BCUT2D eigenvalue weighted by Crippen LogP contribution is 2.38. The third-order valence-corrected chi connectivity index (χ3v) is 6.64. The first-order chi connectivity index (χ1) is 9.13. The maximum atomic E-state index is 12.9. The van der Waals surface area contributed by atoms with Gasteiger partial charge in [0, 0.05) is 31.7 Å². The van der Waals surface area contributed by atoms with Crippen LogP contribution in [0.4, 0.5) is 0 Å². The molecule has 0 aromatic carbocycles. The summed E-state index contributed by atoms with van der Waals surface area (Å²) >= 11 is 0. The molecule has 3 aliphatic rings. The molecule has 1 aliphatic heterocycles. The van der Waals surface area contributed by atoms with Crippen molar-refractivity contribution in [2.45, 2.75) is 57.0 Å². The molecule has 0 aromatic rings. The summed E-state index contributed by atoms with van der Waals surface area (Å²) in [6.45, 7) is 1.83. The average Bonchev–Trinajstić information content (AvgIpc) is 3.28. The van der Waals surface area contributed by atoms with Crippen LogP contribution in [0, 0.1) is 5.92 Å². The van der Waals surface area contributed by atoms with Gasteiger partial charge in [0.25, 0.3) is 10.2 Å². The van der Waals surface area contributed by atoms with Crippen LogP contribution in [0.5, 0.6) is 0 Å². The predicted octanol–water partition coefficient (Wildman–Crippen LogP) is 0.919. The first-order valence-corrected chi connectivity index (χ1v) is 9.01. The number of nitrogens with two attached hydrogens (primary N) is 1. The monoisotopic (exact) mass is 287 g/mol. The van der Waals surface area contributed by atoms with E-state index in [4.69, 9.17) is 5.73 Å². The molecule has 19 heavy (non-hydrogen) atoms. The third kappa shape index (κ3) is 2.96. The van der Waals surface area contributed by atoms with Crippen LogP contribution in [-0.2, 0) is 10.2 Å². The van der Waals surface area contributed by atoms with Gasteiger partial charge in [-0.25, -0.2) is 0 Å². The van der Waals surface area contributed by atoms with Gasteiger partial charge in [0.05, 0.1) is 0 Å². The van der Waals surface area contributed by atoms with Crippen molar-refractivity contribution in [2.24, 2.45) is 11.7 Å². The Labute approximate surface area is 116 Å². The molecule has 2 saturated carbocycles. The predicted molar refractivity (Wildman–Crippen MR) is 74.8 cm³/mol. The molecule has 2 N–H and O–H groups in total. The van der Waals surface area contributed by atoms with Gasteiger partial charge in [-0.15, -0.1) is 0 Å². The number of piperidine rings is 1. The van der Waals surface area contributed by atoms with Crippen molar-refractivity contribution in [1.82, 2.24) is 8.61 Å². The summed E-state index contributed by atoms with van der Waals surface area (Å²) in [7, 11) is -3.29. The Hall–Kier alpha value is -0.170. The number of hydrogen-bond donors (Lipinski definition) is 1. The average molecular weight is 287 g/mol. The van der Waals surface area contributed by atoms with Gasteiger partial charge in [0.15, 0.2) is 0 Å². The molecule has 1 heterocycles. The number of hydrogen-bond acceptors (Lipinski definition) is 3. The first kappa shape index (κ1) is 13.8. The molecule has 0 amide bonds. The Morgan fingerprint density at radius 3 is 2.42 bits per heavy atom. The number of nitrogens with zero attached hydrogens (tertiary/aromatic N) is 2. The van der Waals surface area contributed by atoms with Crippen LogP contribution < -0.4 is 5.73 Å². The Morgan fingerprint density at radius 2 is 1.84 bits per heavy atom. The molecule has 5 nitrogen and oxygen atoms in total. The van der Waals surface area contributed by atoms with E-state index in [1.54, 1.807) is 8.61 Å². The molecule has 1 atom stereocenters. The summed E-state index contributed by atoms with van der Waals surface area (Å²) in [6, 6.07) is 0.283. The Bertz CT molecular complexity index is 410. The van der Waals surface area contributed by atoms with Gasteiger partial charge >= 0.3 is 0 Å². The van der Waals surface area contributed by atoms with Crippen molar-refractivity contribution in [3.63, 3.8) is 0 Å². The molecular weight excluding hydrogens is 262 g/mol. The van der Waals surface area contributed by atoms with E-state index < -0.39 is 10.2 Å². The molecule has 3 rings (SSSR count). The van der Waals surface area contributed by atoms with Crippen molar-refractivity contribution >= 4 is 10.2 Å². The van der Waals surface area contributed by atoms with E-state index in [0.29, 0.717) is 19.0 Å². The lowest BCUT2D eigenvalue weighted by Gasteiger charge is -2.37. The van der Waals surface area contributed by atoms with Crippen LogP contribution in [0.25, 0.3) is 0 Å². The molecule has 1 saturated heterocycles. The summed E-state index contributed by atoms with van der Waals surface area (Å²) in [5.74, 6) is 0.608. The number of rotatable bonds is 6. The van der Waals surface area contributed by atoms with Gasteiger partial charge in [-0.3, -0.25) is 0 Å². The second-order valence-corrected chi connectivity index (χ2v) is 8.08. The summed E-state index contributed by atoms with van der Waals surface area (Å²) < 4.78 is 29.3. The topological polar surface area (TPSA) is 66.6 Å². The zero-order valence-corrected chi connectivity index (χ0v) is 12.3. The van der Waals surface area contributed by atoms with Crippen LogP contribution in [0.2, 0.25) is 0 Å². The first-order valence-electron chi connectivity index (χ1n) is 7.61. The van der Waals surface area contributed by atoms with Crippen LogP contribution in [0.15, 0.2) is 0 Å². The Balaban J connectivity index is 1.77. The van der Waals surface area contributed by atoms with Crippen LogP contribution in [-0.4, -0.2) is 48.7 Å². The molecule has 0 aromatic heterocycles. The summed E-state index contributed by atoms with van der Waals surface area (Å²) in [5.41, 5.74) is 5.77. The highest BCUT2D eigenvalue weighted by atomic mass is 32.2. The molecule has 0 spiro atoms. The summed E-state index contributed by atoms with van der Waals surface area (Å²) in [5, 5.41) is 0. The quantitative estimate of drug-likeness (QED) is 0.790. The fourth-order valence-corrected chi connectivity index (χ4v) is 5.18. The standard InChI is InChI=1S/C13H25N3O2S/c14-9-13-3-1-2-8-15(13)19(17,18)16(12-6-7-12)10-11-4-5-11/h11-13H,1-10,14H2. The SMILES string of the molecule is NCC1CCCCN1S(=O)(=O)N(CC1CC1)C1CC1. The molecule has 0 bridgehead atoms. The van der Waals surface area contributed by atoms with Crippen molar-refractivity contribution < 1.29 is 8.42 Å². The van der Waals surface area contributed by atoms with Crippen molar-refractivity contribution in [3.05, 3.63) is 0 Å². The van der Waals surface area contributed by atoms with Gasteiger partial charge in [-0.2, -0.15) is 17.0 Å². The summed E-state index contributed by atoms with van der Waals surface area (Å²) in [4.78, 5) is 0. The van der Waals surface area contributed by atoms with E-state index in [2.05, 4.69) is 0 Å². The van der Waals surface area contributed by atoms with E-state index in [1.165, 1.54) is 12.8 Å². The van der Waals surface area contributed by atoms with E-state index in [1.807, 2.05) is 0 Å². The van der Waals surface area contributed by atoms with Crippen molar-refractivity contribution in [2.75, 3.05) is 19.6 Å². The largest absolute Gasteiger partial charge is 0.329 e. The second-order valence-electron chi connectivity index (χ2n) is 6.25. The van der Waals surface area contributed by atoms with E-state index in [-0.39, 0.29) is 12.1 Å². The molecular formula is C13H25N3O2S. The Kier molecular flexibility index (Phi) is 3.86. The Morgan fingerprint density at radius 1 is 1.11 bits per heavy atom. The molecule has 6 heteroatoms. The van der Waals surface area contributed by atoms with E-state index >= 15 is 0 Å². The zero-order valence-electron chi connectivity index (χ0n) is 11.5. The van der Waals surface area contributed by atoms with Crippen LogP contribution in [0.3, 0.4) is 0 Å². The van der Waals surface area contributed by atoms with E-state index in [0.717, 1.165) is 38.6 Å². The third-order valence-electron chi connectivity index (χ3n) is 4.53. The summed E-state index contributed by atoms with van der Waals surface area (Å²) in [6.07, 6.45) is 7.44. The second kappa shape index (κ2) is 5.31. The molecule has 110 valence electrons. The maximum absolute atomic E-state index is 12.9.